The Hall–Kier alpha value is -3.33. The van der Waals surface area contributed by atoms with E-state index < -0.39 is 17.8 Å². The molecule has 9 heteroatoms. The van der Waals surface area contributed by atoms with Gasteiger partial charge < -0.3 is 10.2 Å². The zero-order chi connectivity index (χ0) is 23.3. The highest BCUT2D eigenvalue weighted by atomic mass is 32.1. The fourth-order valence-corrected chi connectivity index (χ4v) is 3.76. The number of nitrogens with one attached hydrogen (secondary N) is 2. The Labute approximate surface area is 190 Å². The van der Waals surface area contributed by atoms with Gasteiger partial charge in [0.2, 0.25) is 11.0 Å². The molecule has 2 N–H and O–H groups in total. The third-order valence-corrected chi connectivity index (χ3v) is 6.06. The summed E-state index contributed by atoms with van der Waals surface area (Å²) in [4.78, 5) is 27.5. The molecule has 0 aliphatic carbocycles. The summed E-state index contributed by atoms with van der Waals surface area (Å²) in [5, 5.41) is 14.8. The first kappa shape index (κ1) is 23.3. The maximum atomic E-state index is 13.1. The minimum atomic E-state index is -0.774. The van der Waals surface area contributed by atoms with Gasteiger partial charge in [-0.25, -0.2) is 4.39 Å². The van der Waals surface area contributed by atoms with Crippen molar-refractivity contribution in [2.24, 2.45) is 5.92 Å². The van der Waals surface area contributed by atoms with Crippen LogP contribution in [0.5, 0.6) is 0 Å². The lowest BCUT2D eigenvalue weighted by atomic mass is 9.98. The minimum absolute atomic E-state index is 0.120. The van der Waals surface area contributed by atoms with E-state index in [1.54, 1.807) is 0 Å². The van der Waals surface area contributed by atoms with Crippen LogP contribution in [-0.2, 0) is 4.79 Å². The number of carbonyl (C=O) groups excluding carboxylic acids is 2. The van der Waals surface area contributed by atoms with Crippen molar-refractivity contribution >= 4 is 34.0 Å². The van der Waals surface area contributed by atoms with Crippen molar-refractivity contribution in [2.45, 2.75) is 26.3 Å². The van der Waals surface area contributed by atoms with E-state index in [-0.39, 0.29) is 17.4 Å². The Morgan fingerprint density at radius 1 is 1.06 bits per heavy atom. The molecule has 0 saturated heterocycles. The van der Waals surface area contributed by atoms with Gasteiger partial charge in [-0.05, 0) is 54.4 Å². The Morgan fingerprint density at radius 2 is 1.72 bits per heavy atom. The molecule has 0 spiro atoms. The number of nitrogens with zero attached hydrogens (tertiary/aromatic N) is 3. The lowest BCUT2D eigenvalue weighted by molar-refractivity contribution is -0.119. The number of benzene rings is 2. The number of hydrogen-bond donors (Lipinski definition) is 2. The van der Waals surface area contributed by atoms with E-state index in [4.69, 9.17) is 0 Å². The summed E-state index contributed by atoms with van der Waals surface area (Å²) in [7, 11) is 3.94. The molecule has 32 heavy (non-hydrogen) atoms. The summed E-state index contributed by atoms with van der Waals surface area (Å²) in [5.74, 6) is -1.36. The molecule has 2 unspecified atom stereocenters. The normalized spacial score (nSPS) is 12.7. The smallest absolute Gasteiger partial charge is 0.251 e. The maximum Gasteiger partial charge on any atom is 0.251 e. The number of aromatic nitrogens is 2. The van der Waals surface area contributed by atoms with Crippen molar-refractivity contribution < 1.29 is 14.0 Å². The van der Waals surface area contributed by atoms with Crippen LogP contribution in [0.1, 0.15) is 30.6 Å². The molecule has 3 aromatic rings. The second-order valence-electron chi connectivity index (χ2n) is 7.69. The van der Waals surface area contributed by atoms with Gasteiger partial charge in [0.05, 0.1) is 0 Å². The largest absolute Gasteiger partial charge is 0.378 e. The molecule has 2 amide bonds. The quantitative estimate of drug-likeness (QED) is 0.532. The highest BCUT2D eigenvalue weighted by molar-refractivity contribution is 7.18. The van der Waals surface area contributed by atoms with Gasteiger partial charge in [-0.2, -0.15) is 0 Å². The number of halogens is 1. The second-order valence-corrected chi connectivity index (χ2v) is 8.66. The molecule has 0 aliphatic heterocycles. The topological polar surface area (TPSA) is 87.2 Å². The Balaban J connectivity index is 1.71. The summed E-state index contributed by atoms with van der Waals surface area (Å²) < 4.78 is 13.1. The van der Waals surface area contributed by atoms with Crippen LogP contribution in [0.4, 0.5) is 15.2 Å². The second kappa shape index (κ2) is 10.3. The maximum absolute atomic E-state index is 13.1. The number of amides is 2. The van der Waals surface area contributed by atoms with E-state index in [9.17, 15) is 14.0 Å². The molecule has 3 rings (SSSR count). The van der Waals surface area contributed by atoms with Crippen LogP contribution in [0.25, 0.3) is 10.6 Å². The number of hydrogen-bond acceptors (Lipinski definition) is 6. The number of carbonyl (C=O) groups is 2. The summed E-state index contributed by atoms with van der Waals surface area (Å²) >= 11 is 1.26. The van der Waals surface area contributed by atoms with Crippen molar-refractivity contribution in [1.29, 1.82) is 0 Å². The lowest BCUT2D eigenvalue weighted by Crippen LogP contribution is -2.47. The van der Waals surface area contributed by atoms with Crippen LogP contribution < -0.4 is 15.5 Å². The molecule has 1 aromatic heterocycles. The first-order chi connectivity index (χ1) is 15.3. The van der Waals surface area contributed by atoms with Crippen LogP contribution in [0.15, 0.2) is 48.5 Å². The van der Waals surface area contributed by atoms with Gasteiger partial charge >= 0.3 is 0 Å². The van der Waals surface area contributed by atoms with E-state index in [1.807, 2.05) is 57.1 Å². The molecule has 2 atom stereocenters. The summed E-state index contributed by atoms with van der Waals surface area (Å²) in [6.07, 6.45) is 0.682. The SMILES string of the molecule is CCC(C)C(NC(=O)c1ccc(F)cc1)C(=O)Nc1nnc(-c2ccc(N(C)C)cc2)s1. The van der Waals surface area contributed by atoms with E-state index in [1.165, 1.54) is 35.6 Å². The summed E-state index contributed by atoms with van der Waals surface area (Å²) in [5.41, 5.74) is 2.25. The molecule has 0 aliphatic rings. The van der Waals surface area contributed by atoms with Crippen molar-refractivity contribution in [3.05, 3.63) is 59.9 Å². The molecule has 1 heterocycles. The van der Waals surface area contributed by atoms with Gasteiger partial charge in [0.1, 0.15) is 16.9 Å². The van der Waals surface area contributed by atoms with Crippen LogP contribution in [0.3, 0.4) is 0 Å². The summed E-state index contributed by atoms with van der Waals surface area (Å²) in [6.45, 7) is 3.82. The Bertz CT molecular complexity index is 1070. The molecular formula is C23H26FN5O2S. The van der Waals surface area contributed by atoms with Crippen molar-refractivity contribution in [3.63, 3.8) is 0 Å². The third kappa shape index (κ3) is 5.67. The van der Waals surface area contributed by atoms with Gasteiger partial charge in [0.25, 0.3) is 5.91 Å². The first-order valence-corrected chi connectivity index (χ1v) is 11.1. The van der Waals surface area contributed by atoms with Gasteiger partial charge in [-0.15, -0.1) is 10.2 Å². The third-order valence-electron chi connectivity index (χ3n) is 5.17. The van der Waals surface area contributed by atoms with Crippen LogP contribution in [0.2, 0.25) is 0 Å². The zero-order valence-electron chi connectivity index (χ0n) is 18.4. The molecule has 0 saturated carbocycles. The number of rotatable bonds is 8. The molecule has 7 nitrogen and oxygen atoms in total. The Morgan fingerprint density at radius 3 is 2.31 bits per heavy atom. The van der Waals surface area contributed by atoms with Gasteiger partial charge in [0, 0.05) is 30.9 Å². The predicted octanol–water partition coefficient (Wildman–Crippen LogP) is 4.19. The van der Waals surface area contributed by atoms with Crippen molar-refractivity contribution in [2.75, 3.05) is 24.3 Å². The van der Waals surface area contributed by atoms with E-state index >= 15 is 0 Å². The molecular weight excluding hydrogens is 429 g/mol. The van der Waals surface area contributed by atoms with Gasteiger partial charge in [-0.1, -0.05) is 31.6 Å². The molecule has 0 radical (unpaired) electrons. The van der Waals surface area contributed by atoms with E-state index in [0.29, 0.717) is 16.6 Å². The fraction of sp³-hybridized carbons (Fsp3) is 0.304. The minimum Gasteiger partial charge on any atom is -0.378 e. The molecule has 0 fully saturated rings. The van der Waals surface area contributed by atoms with Gasteiger partial charge in [-0.3, -0.25) is 14.9 Å². The average molecular weight is 456 g/mol. The Kier molecular flexibility index (Phi) is 7.53. The van der Waals surface area contributed by atoms with Crippen molar-refractivity contribution in [3.8, 4) is 10.6 Å². The van der Waals surface area contributed by atoms with Crippen LogP contribution >= 0.6 is 11.3 Å². The lowest BCUT2D eigenvalue weighted by Gasteiger charge is -2.23. The highest BCUT2D eigenvalue weighted by Crippen LogP contribution is 2.28. The van der Waals surface area contributed by atoms with Crippen LogP contribution in [-0.4, -0.2) is 42.1 Å². The first-order valence-electron chi connectivity index (χ1n) is 10.3. The van der Waals surface area contributed by atoms with Crippen LogP contribution in [0, 0.1) is 11.7 Å². The monoisotopic (exact) mass is 455 g/mol. The zero-order valence-corrected chi connectivity index (χ0v) is 19.2. The molecule has 168 valence electrons. The molecule has 0 bridgehead atoms. The predicted molar refractivity (Wildman–Crippen MR) is 125 cm³/mol. The molecule has 2 aromatic carbocycles. The standard InChI is InChI=1S/C23H26FN5O2S/c1-5-14(2)19(25-20(30)15-6-10-17(24)11-7-15)21(31)26-23-28-27-22(32-23)16-8-12-18(13-9-16)29(3)4/h6-14,19H,5H2,1-4H3,(H,25,30)(H,26,28,31). The average Bonchev–Trinajstić information content (AvgIpc) is 3.25. The summed E-state index contributed by atoms with van der Waals surface area (Å²) in [6, 6.07) is 12.3. The number of anilines is 2. The van der Waals surface area contributed by atoms with E-state index in [2.05, 4.69) is 20.8 Å². The highest BCUT2D eigenvalue weighted by Gasteiger charge is 2.27. The fourth-order valence-electron chi connectivity index (χ4n) is 3.00. The van der Waals surface area contributed by atoms with E-state index in [0.717, 1.165) is 11.3 Å². The van der Waals surface area contributed by atoms with Crippen molar-refractivity contribution in [1.82, 2.24) is 15.5 Å². The van der Waals surface area contributed by atoms with Gasteiger partial charge in [0.15, 0.2) is 0 Å².